The van der Waals surface area contributed by atoms with E-state index in [1.807, 2.05) is 19.9 Å². The molecular weight excluding hydrogens is 356 g/mol. The molecule has 6 heteroatoms. The van der Waals surface area contributed by atoms with E-state index in [0.717, 1.165) is 30.4 Å². The minimum Gasteiger partial charge on any atom is -0.451 e. The van der Waals surface area contributed by atoms with E-state index < -0.39 is 12.1 Å². The van der Waals surface area contributed by atoms with Crippen LogP contribution in [0, 0.1) is 13.8 Å². The summed E-state index contributed by atoms with van der Waals surface area (Å²) in [6.45, 7) is 5.67. The van der Waals surface area contributed by atoms with Crippen LogP contribution >= 0.6 is 0 Å². The number of aryl methyl sites for hydroxylation is 2. The summed E-state index contributed by atoms with van der Waals surface area (Å²) in [4.78, 5) is 36.1. The molecule has 1 aromatic carbocycles. The summed E-state index contributed by atoms with van der Waals surface area (Å²) in [7, 11) is 0. The van der Waals surface area contributed by atoms with Crippen molar-refractivity contribution in [2.45, 2.75) is 59.0 Å². The summed E-state index contributed by atoms with van der Waals surface area (Å²) in [5.74, 6) is -1.32. The molecule has 0 aromatic heterocycles. The smallest absolute Gasteiger partial charge is 0.326 e. The fourth-order valence-corrected chi connectivity index (χ4v) is 3.05. The van der Waals surface area contributed by atoms with Gasteiger partial charge in [0.05, 0.1) is 0 Å². The van der Waals surface area contributed by atoms with Crippen LogP contribution in [0.2, 0.25) is 0 Å². The number of hydrogen-bond donors (Lipinski definition) is 2. The fourth-order valence-electron chi connectivity index (χ4n) is 3.05. The number of rotatable bonds is 8. The Morgan fingerprint density at radius 2 is 1.89 bits per heavy atom. The zero-order valence-electron chi connectivity index (χ0n) is 17.0. The lowest BCUT2D eigenvalue weighted by Gasteiger charge is -2.16. The molecule has 28 heavy (non-hydrogen) atoms. The number of hydrogen-bond acceptors (Lipinski definition) is 4. The van der Waals surface area contributed by atoms with Crippen molar-refractivity contribution in [1.29, 1.82) is 0 Å². The minimum absolute atomic E-state index is 0.281. The van der Waals surface area contributed by atoms with E-state index in [0.29, 0.717) is 12.1 Å². The van der Waals surface area contributed by atoms with Crippen LogP contribution in [0.3, 0.4) is 0 Å². The van der Waals surface area contributed by atoms with Crippen LogP contribution in [-0.4, -0.2) is 37.0 Å². The SMILES string of the molecule is Cc1ccc(C(=O)NCC(=O)O[C@@H](C)C(=O)NCCC2=CCCCC2)cc1C. The first-order valence-corrected chi connectivity index (χ1v) is 9.87. The van der Waals surface area contributed by atoms with E-state index in [9.17, 15) is 14.4 Å². The maximum atomic E-state index is 12.1. The van der Waals surface area contributed by atoms with Crippen molar-refractivity contribution in [2.75, 3.05) is 13.1 Å². The van der Waals surface area contributed by atoms with Crippen molar-refractivity contribution in [3.8, 4) is 0 Å². The van der Waals surface area contributed by atoms with Crippen molar-refractivity contribution in [3.05, 3.63) is 46.5 Å². The molecule has 0 saturated heterocycles. The van der Waals surface area contributed by atoms with Gasteiger partial charge in [-0.3, -0.25) is 14.4 Å². The zero-order valence-corrected chi connectivity index (χ0v) is 17.0. The Morgan fingerprint density at radius 3 is 2.57 bits per heavy atom. The zero-order chi connectivity index (χ0) is 20.5. The Morgan fingerprint density at radius 1 is 1.11 bits per heavy atom. The molecule has 0 unspecified atom stereocenters. The molecule has 2 rings (SSSR count). The monoisotopic (exact) mass is 386 g/mol. The number of nitrogens with one attached hydrogen (secondary N) is 2. The molecule has 0 radical (unpaired) electrons. The predicted octanol–water partition coefficient (Wildman–Crippen LogP) is 2.97. The molecule has 2 amide bonds. The first-order valence-electron chi connectivity index (χ1n) is 9.87. The highest BCUT2D eigenvalue weighted by atomic mass is 16.5. The maximum absolute atomic E-state index is 12.1. The highest BCUT2D eigenvalue weighted by molar-refractivity contribution is 5.96. The average molecular weight is 386 g/mol. The molecule has 0 saturated carbocycles. The van der Waals surface area contributed by atoms with Crippen LogP contribution in [0.5, 0.6) is 0 Å². The lowest BCUT2D eigenvalue weighted by molar-refractivity contribution is -0.153. The van der Waals surface area contributed by atoms with E-state index in [2.05, 4.69) is 16.7 Å². The molecule has 152 valence electrons. The average Bonchev–Trinajstić information content (AvgIpc) is 2.68. The van der Waals surface area contributed by atoms with Crippen LogP contribution in [0.25, 0.3) is 0 Å². The summed E-state index contributed by atoms with van der Waals surface area (Å²) >= 11 is 0. The summed E-state index contributed by atoms with van der Waals surface area (Å²) in [6.07, 6.45) is 6.85. The van der Waals surface area contributed by atoms with Crippen LogP contribution in [0.1, 0.15) is 60.5 Å². The fraction of sp³-hybridized carbons (Fsp3) is 0.500. The topological polar surface area (TPSA) is 84.5 Å². The van der Waals surface area contributed by atoms with Gasteiger partial charge in [-0.25, -0.2) is 0 Å². The Balaban J connectivity index is 1.69. The largest absolute Gasteiger partial charge is 0.451 e. The molecule has 0 heterocycles. The minimum atomic E-state index is -0.897. The molecule has 0 aliphatic heterocycles. The Labute approximate surface area is 166 Å². The summed E-state index contributed by atoms with van der Waals surface area (Å²) in [5.41, 5.74) is 3.96. The molecule has 0 spiro atoms. The molecule has 1 aliphatic rings. The van der Waals surface area contributed by atoms with Gasteiger partial charge in [0.25, 0.3) is 11.8 Å². The van der Waals surface area contributed by atoms with Crippen LogP contribution in [0.4, 0.5) is 0 Å². The number of benzene rings is 1. The van der Waals surface area contributed by atoms with Gasteiger partial charge in [-0.15, -0.1) is 0 Å². The van der Waals surface area contributed by atoms with Gasteiger partial charge in [0.1, 0.15) is 6.54 Å². The van der Waals surface area contributed by atoms with E-state index in [1.54, 1.807) is 12.1 Å². The number of esters is 1. The second kappa shape index (κ2) is 10.6. The van der Waals surface area contributed by atoms with Gasteiger partial charge in [-0.2, -0.15) is 0 Å². The van der Waals surface area contributed by atoms with E-state index in [-0.39, 0.29) is 18.4 Å². The highest BCUT2D eigenvalue weighted by Crippen LogP contribution is 2.19. The quantitative estimate of drug-likeness (QED) is 0.531. The normalized spacial score (nSPS) is 14.6. The van der Waals surface area contributed by atoms with Crippen LogP contribution < -0.4 is 10.6 Å². The van der Waals surface area contributed by atoms with Crippen LogP contribution in [-0.2, 0) is 14.3 Å². The molecule has 0 fully saturated rings. The molecule has 6 nitrogen and oxygen atoms in total. The standard InChI is InChI=1S/C22H30N2O4/c1-15-9-10-19(13-16(15)2)22(27)24-14-20(25)28-17(3)21(26)23-12-11-18-7-5-4-6-8-18/h7,9-10,13,17H,4-6,8,11-12,14H2,1-3H3,(H,23,26)(H,24,27)/t17-/m0/s1. The Bertz CT molecular complexity index is 755. The van der Waals surface area contributed by atoms with Crippen molar-refractivity contribution in [1.82, 2.24) is 10.6 Å². The molecule has 1 atom stereocenters. The second-order valence-corrected chi connectivity index (χ2v) is 7.26. The second-order valence-electron chi connectivity index (χ2n) is 7.26. The highest BCUT2D eigenvalue weighted by Gasteiger charge is 2.18. The Kier molecular flexibility index (Phi) is 8.23. The first kappa shape index (κ1) is 21.7. The van der Waals surface area contributed by atoms with E-state index in [1.165, 1.54) is 25.3 Å². The lowest BCUT2D eigenvalue weighted by Crippen LogP contribution is -2.39. The lowest BCUT2D eigenvalue weighted by atomic mass is 9.97. The van der Waals surface area contributed by atoms with Gasteiger partial charge in [0.15, 0.2) is 6.10 Å². The summed E-state index contributed by atoms with van der Waals surface area (Å²) in [6, 6.07) is 5.34. The third-order valence-corrected chi connectivity index (χ3v) is 4.97. The van der Waals surface area contributed by atoms with Gasteiger partial charge in [0, 0.05) is 12.1 Å². The van der Waals surface area contributed by atoms with Crippen molar-refractivity contribution >= 4 is 17.8 Å². The first-order chi connectivity index (χ1) is 13.4. The Hall–Kier alpha value is -2.63. The van der Waals surface area contributed by atoms with Crippen molar-refractivity contribution < 1.29 is 19.1 Å². The molecule has 0 bridgehead atoms. The number of carbonyl (C=O) groups is 3. The molecular formula is C22H30N2O4. The number of ether oxygens (including phenoxy) is 1. The summed E-state index contributed by atoms with van der Waals surface area (Å²) < 4.78 is 5.10. The van der Waals surface area contributed by atoms with Crippen molar-refractivity contribution in [3.63, 3.8) is 0 Å². The van der Waals surface area contributed by atoms with E-state index >= 15 is 0 Å². The summed E-state index contributed by atoms with van der Waals surface area (Å²) in [5, 5.41) is 5.32. The van der Waals surface area contributed by atoms with Gasteiger partial charge in [-0.1, -0.05) is 17.7 Å². The van der Waals surface area contributed by atoms with Crippen LogP contribution in [0.15, 0.2) is 29.8 Å². The van der Waals surface area contributed by atoms with Gasteiger partial charge in [0.2, 0.25) is 0 Å². The molecule has 1 aliphatic carbocycles. The third kappa shape index (κ3) is 6.83. The van der Waals surface area contributed by atoms with Gasteiger partial charge >= 0.3 is 5.97 Å². The van der Waals surface area contributed by atoms with E-state index in [4.69, 9.17) is 4.74 Å². The number of allylic oxidation sites excluding steroid dienone is 1. The predicted molar refractivity (Wildman–Crippen MR) is 108 cm³/mol. The molecule has 1 aromatic rings. The molecule has 2 N–H and O–H groups in total. The third-order valence-electron chi connectivity index (χ3n) is 4.97. The maximum Gasteiger partial charge on any atom is 0.326 e. The van der Waals surface area contributed by atoms with Gasteiger partial charge < -0.3 is 15.4 Å². The van der Waals surface area contributed by atoms with Crippen molar-refractivity contribution in [2.24, 2.45) is 0 Å². The number of carbonyl (C=O) groups excluding carboxylic acids is 3. The number of amides is 2. The van der Waals surface area contributed by atoms with Gasteiger partial charge in [-0.05, 0) is 76.1 Å².